The second kappa shape index (κ2) is 7.86. The van der Waals surface area contributed by atoms with Gasteiger partial charge in [-0.25, -0.2) is 0 Å². The molecule has 1 aromatic rings. The number of nitrogens with zero attached hydrogens (tertiary/aromatic N) is 2. The first-order chi connectivity index (χ1) is 15.7. The number of anilines is 1. The van der Waals surface area contributed by atoms with Crippen LogP contribution in [0.3, 0.4) is 0 Å². The van der Waals surface area contributed by atoms with Gasteiger partial charge in [0.1, 0.15) is 5.75 Å². The Labute approximate surface area is 200 Å². The van der Waals surface area contributed by atoms with Crippen molar-refractivity contribution in [1.29, 1.82) is 0 Å². The number of phenolic OH excluding ortho intramolecular Hbond substituents is 1. The van der Waals surface area contributed by atoms with Gasteiger partial charge in [0.25, 0.3) is 0 Å². The molecule has 1 aromatic carbocycles. The van der Waals surface area contributed by atoms with Crippen LogP contribution in [-0.4, -0.2) is 84.0 Å². The molecule has 2 fully saturated rings. The Bertz CT molecular complexity index is 1160. The zero-order chi connectivity index (χ0) is 25.4. The van der Waals surface area contributed by atoms with Crippen LogP contribution in [0.5, 0.6) is 5.75 Å². The fraction of sp³-hybridized carbons (Fsp3) is 0.522. The third kappa shape index (κ3) is 3.05. The van der Waals surface area contributed by atoms with Crippen LogP contribution in [0.15, 0.2) is 6.07 Å². The number of benzene rings is 1. The number of likely N-dealkylation sites (N-methyl/N-ethyl adjacent to an activating group) is 1. The van der Waals surface area contributed by atoms with Gasteiger partial charge in [-0.05, 0) is 38.4 Å². The number of rotatable bonds is 3. The number of fused-ring (bicyclic) bond motifs is 3. The summed E-state index contributed by atoms with van der Waals surface area (Å²) in [6.07, 6.45) is 0.150. The largest absolute Gasteiger partial charge is 0.507 e. The average Bonchev–Trinajstić information content (AvgIpc) is 2.69. The van der Waals surface area contributed by atoms with Crippen molar-refractivity contribution in [2.45, 2.75) is 24.5 Å². The summed E-state index contributed by atoms with van der Waals surface area (Å²) in [5, 5.41) is 22.3. The average molecular weight is 492 g/mol. The zero-order valence-corrected chi connectivity index (χ0v) is 19.9. The molecule has 3 aliphatic rings. The molecule has 10 nitrogen and oxygen atoms in total. The highest BCUT2D eigenvalue weighted by atomic mass is 35.5. The minimum atomic E-state index is -2.73. The van der Waals surface area contributed by atoms with Gasteiger partial charge in [-0.15, -0.1) is 0 Å². The monoisotopic (exact) mass is 491 g/mol. The number of aliphatic hydroxyl groups is 1. The number of Topliss-reactive ketones (excluding diaryl/α,β-unsaturated/α-hetero) is 4. The normalized spacial score (nSPS) is 32.9. The van der Waals surface area contributed by atoms with Gasteiger partial charge in [0, 0.05) is 26.1 Å². The van der Waals surface area contributed by atoms with Crippen LogP contribution in [0.1, 0.15) is 22.3 Å². The molecule has 0 bridgehead atoms. The zero-order valence-electron chi connectivity index (χ0n) is 19.2. The maximum atomic E-state index is 13.7. The second-order valence-corrected chi connectivity index (χ2v) is 10.2. The second-order valence-electron chi connectivity index (χ2n) is 9.76. The molecule has 0 heterocycles. The number of carbonyl (C=O) groups excluding carboxylic acids is 5. The highest BCUT2D eigenvalue weighted by molar-refractivity contribution is 6.35. The van der Waals surface area contributed by atoms with Crippen molar-refractivity contribution in [2.24, 2.45) is 29.4 Å². The quantitative estimate of drug-likeness (QED) is 0.477. The third-order valence-corrected chi connectivity index (χ3v) is 7.72. The number of nitrogens with two attached hydrogens (primary N) is 1. The summed E-state index contributed by atoms with van der Waals surface area (Å²) in [7, 11) is 6.53. The number of ketones is 4. The minimum absolute atomic E-state index is 0.00988. The molecule has 182 valence electrons. The van der Waals surface area contributed by atoms with Crippen molar-refractivity contribution in [3.63, 3.8) is 0 Å². The predicted octanol–water partition coefficient (Wildman–Crippen LogP) is -0.414. The van der Waals surface area contributed by atoms with E-state index >= 15 is 0 Å². The van der Waals surface area contributed by atoms with E-state index in [2.05, 4.69) is 0 Å². The number of phenols is 1. The molecule has 4 N–H and O–H groups in total. The first-order valence-electron chi connectivity index (χ1n) is 10.8. The molecular formula is C23H26ClN3O7. The Kier molecular flexibility index (Phi) is 5.62. The van der Waals surface area contributed by atoms with E-state index < -0.39 is 70.1 Å². The number of halogens is 1. The van der Waals surface area contributed by atoms with Gasteiger partial charge >= 0.3 is 0 Å². The number of amides is 1. The number of aromatic hydroxyl groups is 1. The number of carbonyl (C=O) groups is 5. The van der Waals surface area contributed by atoms with Crippen molar-refractivity contribution in [2.75, 3.05) is 33.1 Å². The van der Waals surface area contributed by atoms with Gasteiger partial charge in [0.05, 0.1) is 28.2 Å². The standard InChI is InChI=1S/C23H26ClN3O7/c1-26(2)16-9-5-8-6-10-17(27(3)4)19(30)15(22(25)33)21(32)23(10,34)20(31)13(8)18(29)14(9)12(28)7-11(16)24/h7-8,10,13,15,17,28,34H,5-6H2,1-4H3,(H2,25,33). The van der Waals surface area contributed by atoms with Crippen LogP contribution >= 0.6 is 11.6 Å². The van der Waals surface area contributed by atoms with Gasteiger partial charge in [0.15, 0.2) is 34.7 Å². The van der Waals surface area contributed by atoms with Crippen LogP contribution in [0, 0.1) is 23.7 Å². The molecule has 0 radical (unpaired) electrons. The number of hydrogen-bond acceptors (Lipinski definition) is 9. The highest BCUT2D eigenvalue weighted by Gasteiger charge is 2.69. The Morgan fingerprint density at radius 1 is 1.15 bits per heavy atom. The van der Waals surface area contributed by atoms with E-state index in [9.17, 15) is 34.2 Å². The summed E-state index contributed by atoms with van der Waals surface area (Å²) >= 11 is 6.33. The summed E-state index contributed by atoms with van der Waals surface area (Å²) < 4.78 is 0. The lowest BCUT2D eigenvalue weighted by Gasteiger charge is -2.52. The van der Waals surface area contributed by atoms with Crippen molar-refractivity contribution >= 4 is 46.3 Å². The van der Waals surface area contributed by atoms with Crippen LogP contribution in [0.25, 0.3) is 0 Å². The molecule has 0 saturated heterocycles. The van der Waals surface area contributed by atoms with Gasteiger partial charge in [-0.3, -0.25) is 28.9 Å². The van der Waals surface area contributed by atoms with E-state index in [-0.39, 0.29) is 23.4 Å². The number of hydrogen-bond donors (Lipinski definition) is 3. The third-order valence-electron chi connectivity index (χ3n) is 7.43. The van der Waals surface area contributed by atoms with Crippen molar-refractivity contribution in [3.05, 3.63) is 22.2 Å². The van der Waals surface area contributed by atoms with Crippen LogP contribution in [-0.2, 0) is 25.6 Å². The van der Waals surface area contributed by atoms with Crippen molar-refractivity contribution in [3.8, 4) is 5.75 Å². The Hall–Kier alpha value is -2.82. The summed E-state index contributed by atoms with van der Waals surface area (Å²) in [5.41, 5.74) is 3.46. The van der Waals surface area contributed by atoms with Gasteiger partial charge in [-0.1, -0.05) is 11.6 Å². The molecule has 34 heavy (non-hydrogen) atoms. The molecule has 0 spiro atoms. The van der Waals surface area contributed by atoms with E-state index in [1.165, 1.54) is 25.1 Å². The molecule has 4 rings (SSSR count). The maximum Gasteiger partial charge on any atom is 0.235 e. The SMILES string of the molecule is CN(C)c1c(Cl)cc(O)c2c1CC1CC3C(N(C)C)C(=O)C(C(N)=O)C(=O)C3(O)C(=O)C1C2=O. The van der Waals surface area contributed by atoms with Crippen molar-refractivity contribution < 1.29 is 34.2 Å². The smallest absolute Gasteiger partial charge is 0.235 e. The first kappa shape index (κ1) is 24.3. The first-order valence-corrected chi connectivity index (χ1v) is 11.2. The fourth-order valence-corrected chi connectivity index (χ4v) is 6.50. The molecule has 0 aromatic heterocycles. The predicted molar refractivity (Wildman–Crippen MR) is 121 cm³/mol. The van der Waals surface area contributed by atoms with E-state index in [1.807, 2.05) is 0 Å². The summed E-state index contributed by atoms with van der Waals surface area (Å²) in [5.74, 6) is -10.8. The van der Waals surface area contributed by atoms with Crippen LogP contribution in [0.4, 0.5) is 5.69 Å². The maximum absolute atomic E-state index is 13.7. The lowest BCUT2D eigenvalue weighted by atomic mass is 9.52. The highest BCUT2D eigenvalue weighted by Crippen LogP contribution is 2.52. The molecular weight excluding hydrogens is 466 g/mol. The molecule has 1 amide bonds. The summed E-state index contributed by atoms with van der Waals surface area (Å²) in [6.45, 7) is 0. The van der Waals surface area contributed by atoms with Gasteiger partial charge < -0.3 is 20.8 Å². The van der Waals surface area contributed by atoms with Gasteiger partial charge in [0.2, 0.25) is 5.91 Å². The van der Waals surface area contributed by atoms with Gasteiger partial charge in [-0.2, -0.15) is 0 Å². The molecule has 6 unspecified atom stereocenters. The molecule has 11 heteroatoms. The van der Waals surface area contributed by atoms with E-state index in [0.717, 1.165) is 0 Å². The van der Waals surface area contributed by atoms with Crippen molar-refractivity contribution in [1.82, 2.24) is 4.90 Å². The fourth-order valence-electron chi connectivity index (χ4n) is 6.12. The van der Waals surface area contributed by atoms with E-state index in [4.69, 9.17) is 17.3 Å². The summed E-state index contributed by atoms with van der Waals surface area (Å²) in [4.78, 5) is 68.6. The topological polar surface area (TPSA) is 158 Å². The Morgan fingerprint density at radius 2 is 1.76 bits per heavy atom. The van der Waals surface area contributed by atoms with E-state index in [1.54, 1.807) is 19.0 Å². The lowest BCUT2D eigenvalue weighted by molar-refractivity contribution is -0.181. The molecule has 0 aliphatic heterocycles. The number of primary amides is 1. The van der Waals surface area contributed by atoms with E-state index in [0.29, 0.717) is 11.3 Å². The van der Waals surface area contributed by atoms with Crippen LogP contribution in [0.2, 0.25) is 5.02 Å². The molecule has 6 atom stereocenters. The Morgan fingerprint density at radius 3 is 2.29 bits per heavy atom. The minimum Gasteiger partial charge on any atom is -0.507 e. The Balaban J connectivity index is 1.91. The molecule has 3 aliphatic carbocycles. The summed E-state index contributed by atoms with van der Waals surface area (Å²) in [6, 6.07) is 0.0803. The lowest BCUT2D eigenvalue weighted by Crippen LogP contribution is -2.74. The molecule has 2 saturated carbocycles. The van der Waals surface area contributed by atoms with Crippen LogP contribution < -0.4 is 10.6 Å².